The van der Waals surface area contributed by atoms with Crippen LogP contribution in [0, 0.1) is 6.92 Å². The molecule has 0 atom stereocenters. The molecule has 0 heterocycles. The van der Waals surface area contributed by atoms with E-state index in [-0.39, 0.29) is 21.4 Å². The van der Waals surface area contributed by atoms with Crippen molar-refractivity contribution in [3.05, 3.63) is 47.0 Å². The maximum Gasteiger partial charge on any atom is 0.339 e. The lowest BCUT2D eigenvalue weighted by Gasteiger charge is -2.11. The van der Waals surface area contributed by atoms with E-state index in [1.54, 1.807) is 25.1 Å². The molecule has 7 heteroatoms. The third-order valence-corrected chi connectivity index (χ3v) is 4.22. The number of hydrogen-bond acceptors (Lipinski definition) is 5. The van der Waals surface area contributed by atoms with Crippen LogP contribution in [0.2, 0.25) is 5.02 Å². The molecule has 0 aliphatic heterocycles. The van der Waals surface area contributed by atoms with Gasteiger partial charge in [0.2, 0.25) is 0 Å². The average molecular weight is 313 g/mol. The van der Waals surface area contributed by atoms with Gasteiger partial charge in [-0.25, -0.2) is 0 Å². The van der Waals surface area contributed by atoms with Crippen LogP contribution < -0.4 is 15.7 Å². The van der Waals surface area contributed by atoms with E-state index in [0.717, 1.165) is 0 Å². The van der Waals surface area contributed by atoms with Gasteiger partial charge in [-0.05, 0) is 36.8 Å². The largest absolute Gasteiger partial charge is 0.397 e. The number of rotatable bonds is 3. The van der Waals surface area contributed by atoms with Gasteiger partial charge in [-0.2, -0.15) is 8.42 Å². The first kappa shape index (κ1) is 14.5. The van der Waals surface area contributed by atoms with Gasteiger partial charge in [0.05, 0.1) is 16.4 Å². The van der Waals surface area contributed by atoms with E-state index in [1.807, 2.05) is 0 Å². The molecule has 0 amide bonds. The molecule has 5 nitrogen and oxygen atoms in total. The van der Waals surface area contributed by atoms with Crippen LogP contribution in [0.1, 0.15) is 5.56 Å². The van der Waals surface area contributed by atoms with Gasteiger partial charge in [0, 0.05) is 0 Å². The fourth-order valence-electron chi connectivity index (χ4n) is 1.59. The standard InChI is InChI=1S/C13H13ClN2O3S/c1-8-3-2-4-10(14)13(8)19-20(17,18)9-5-6-11(15)12(16)7-9/h2-7H,15-16H2,1H3. The Morgan fingerprint density at radius 1 is 1.10 bits per heavy atom. The molecular weight excluding hydrogens is 300 g/mol. The summed E-state index contributed by atoms with van der Waals surface area (Å²) in [5, 5.41) is 0.219. The van der Waals surface area contributed by atoms with Gasteiger partial charge in [0.15, 0.2) is 5.75 Å². The molecule has 0 spiro atoms. The molecule has 0 aliphatic rings. The van der Waals surface area contributed by atoms with Crippen LogP contribution in [0.4, 0.5) is 11.4 Å². The molecule has 106 valence electrons. The molecule has 4 N–H and O–H groups in total. The zero-order chi connectivity index (χ0) is 14.9. The Kier molecular flexibility index (Phi) is 3.78. The smallest absolute Gasteiger partial charge is 0.339 e. The topological polar surface area (TPSA) is 95.4 Å². The monoisotopic (exact) mass is 312 g/mol. The van der Waals surface area contributed by atoms with Crippen molar-refractivity contribution in [2.75, 3.05) is 11.5 Å². The summed E-state index contributed by atoms with van der Waals surface area (Å²) in [4.78, 5) is -0.0801. The first-order chi connectivity index (χ1) is 9.31. The molecule has 20 heavy (non-hydrogen) atoms. The summed E-state index contributed by atoms with van der Waals surface area (Å²) in [6.07, 6.45) is 0. The van der Waals surface area contributed by atoms with E-state index >= 15 is 0 Å². The van der Waals surface area contributed by atoms with Crippen LogP contribution in [-0.2, 0) is 10.1 Å². The molecule has 0 unspecified atom stereocenters. The Labute approximate surface area is 122 Å². The Hall–Kier alpha value is -1.92. The molecule has 2 rings (SSSR count). The molecule has 2 aromatic carbocycles. The lowest BCUT2D eigenvalue weighted by Crippen LogP contribution is -2.11. The van der Waals surface area contributed by atoms with Crippen molar-refractivity contribution >= 4 is 33.1 Å². The summed E-state index contributed by atoms with van der Waals surface area (Å²) >= 11 is 5.95. The highest BCUT2D eigenvalue weighted by molar-refractivity contribution is 7.87. The third-order valence-electron chi connectivity index (χ3n) is 2.70. The van der Waals surface area contributed by atoms with Gasteiger partial charge in [0.1, 0.15) is 4.90 Å². The lowest BCUT2D eigenvalue weighted by molar-refractivity contribution is 0.484. The van der Waals surface area contributed by atoms with E-state index in [2.05, 4.69) is 0 Å². The van der Waals surface area contributed by atoms with E-state index in [9.17, 15) is 8.42 Å². The predicted molar refractivity (Wildman–Crippen MR) is 79.3 cm³/mol. The minimum atomic E-state index is -4.02. The number of halogens is 1. The fourth-order valence-corrected chi connectivity index (χ4v) is 2.94. The van der Waals surface area contributed by atoms with Crippen molar-refractivity contribution in [2.24, 2.45) is 0 Å². The Morgan fingerprint density at radius 2 is 1.80 bits per heavy atom. The first-order valence-electron chi connectivity index (χ1n) is 5.66. The highest BCUT2D eigenvalue weighted by Gasteiger charge is 2.20. The highest BCUT2D eigenvalue weighted by Crippen LogP contribution is 2.31. The molecule has 0 bridgehead atoms. The SMILES string of the molecule is Cc1cccc(Cl)c1OS(=O)(=O)c1ccc(N)c(N)c1. The van der Waals surface area contributed by atoms with Gasteiger partial charge in [-0.3, -0.25) is 0 Å². The van der Waals surface area contributed by atoms with Crippen LogP contribution in [0.5, 0.6) is 5.75 Å². The Balaban J connectivity index is 2.43. The van der Waals surface area contributed by atoms with Crippen LogP contribution >= 0.6 is 11.6 Å². The fraction of sp³-hybridized carbons (Fsp3) is 0.0769. The van der Waals surface area contributed by atoms with Gasteiger partial charge in [0.25, 0.3) is 0 Å². The summed E-state index contributed by atoms with van der Waals surface area (Å²) in [5.41, 5.74) is 12.2. The number of benzene rings is 2. The number of nitrogen functional groups attached to an aromatic ring is 2. The van der Waals surface area contributed by atoms with Crippen LogP contribution in [0.3, 0.4) is 0 Å². The average Bonchev–Trinajstić information content (AvgIpc) is 2.37. The summed E-state index contributed by atoms with van der Waals surface area (Å²) in [6, 6.07) is 8.94. The zero-order valence-electron chi connectivity index (χ0n) is 10.6. The molecule has 0 saturated carbocycles. The molecular formula is C13H13ClN2O3S. The molecule has 0 radical (unpaired) electrons. The first-order valence-corrected chi connectivity index (χ1v) is 7.44. The second kappa shape index (κ2) is 5.22. The van der Waals surface area contributed by atoms with Gasteiger partial charge >= 0.3 is 10.1 Å². The summed E-state index contributed by atoms with van der Waals surface area (Å²) in [5.74, 6) is 0.101. The molecule has 0 saturated heterocycles. The molecule has 0 aromatic heterocycles. The predicted octanol–water partition coefficient (Wildman–Crippen LogP) is 2.58. The lowest BCUT2D eigenvalue weighted by atomic mass is 10.2. The highest BCUT2D eigenvalue weighted by atomic mass is 35.5. The van der Waals surface area contributed by atoms with Gasteiger partial charge in [-0.15, -0.1) is 0 Å². The summed E-state index contributed by atoms with van der Waals surface area (Å²) < 4.78 is 29.5. The van der Waals surface area contributed by atoms with Gasteiger partial charge < -0.3 is 15.7 Å². The number of hydrogen-bond donors (Lipinski definition) is 2. The number of aryl methyl sites for hydroxylation is 1. The quantitative estimate of drug-likeness (QED) is 0.671. The minimum Gasteiger partial charge on any atom is -0.397 e. The van der Waals surface area contributed by atoms with Crippen LogP contribution in [-0.4, -0.2) is 8.42 Å². The van der Waals surface area contributed by atoms with Crippen molar-refractivity contribution in [3.63, 3.8) is 0 Å². The van der Waals surface area contributed by atoms with Crippen LogP contribution in [0.25, 0.3) is 0 Å². The van der Waals surface area contributed by atoms with E-state index in [1.165, 1.54) is 18.2 Å². The number of anilines is 2. The van der Waals surface area contributed by atoms with Crippen LogP contribution in [0.15, 0.2) is 41.3 Å². The van der Waals surface area contributed by atoms with Crippen molar-refractivity contribution in [3.8, 4) is 5.75 Å². The number of para-hydroxylation sites is 1. The van der Waals surface area contributed by atoms with Gasteiger partial charge in [-0.1, -0.05) is 23.7 Å². The summed E-state index contributed by atoms with van der Waals surface area (Å²) in [6.45, 7) is 1.70. The van der Waals surface area contributed by atoms with Crippen molar-refractivity contribution in [2.45, 2.75) is 11.8 Å². The maximum absolute atomic E-state index is 12.2. The van der Waals surface area contributed by atoms with Crippen molar-refractivity contribution < 1.29 is 12.6 Å². The molecule has 0 fully saturated rings. The summed E-state index contributed by atoms with van der Waals surface area (Å²) in [7, 11) is -4.02. The van der Waals surface area contributed by atoms with E-state index < -0.39 is 10.1 Å². The molecule has 0 aliphatic carbocycles. The van der Waals surface area contributed by atoms with E-state index in [0.29, 0.717) is 11.3 Å². The zero-order valence-corrected chi connectivity index (χ0v) is 12.2. The molecule has 2 aromatic rings. The van der Waals surface area contributed by atoms with E-state index in [4.69, 9.17) is 27.3 Å². The number of nitrogens with two attached hydrogens (primary N) is 2. The normalized spacial score (nSPS) is 11.3. The van der Waals surface area contributed by atoms with Crippen molar-refractivity contribution in [1.29, 1.82) is 0 Å². The second-order valence-corrected chi connectivity index (χ2v) is 6.17. The van der Waals surface area contributed by atoms with Crippen molar-refractivity contribution in [1.82, 2.24) is 0 Å². The minimum absolute atomic E-state index is 0.0801. The second-order valence-electron chi connectivity index (χ2n) is 4.21. The Morgan fingerprint density at radius 3 is 2.40 bits per heavy atom. The third kappa shape index (κ3) is 2.81. The Bertz CT molecular complexity index is 740. The maximum atomic E-state index is 12.2.